The van der Waals surface area contributed by atoms with E-state index in [1.807, 2.05) is 0 Å². The summed E-state index contributed by atoms with van der Waals surface area (Å²) in [6, 6.07) is 0.790. The van der Waals surface area contributed by atoms with Gasteiger partial charge in [0.05, 0.1) is 13.2 Å². The minimum atomic E-state index is -0.795. The summed E-state index contributed by atoms with van der Waals surface area (Å²) in [6.45, 7) is 2.94. The molecule has 1 heterocycles. The standard InChI is InChI=1S/C13H24N2O3/c1-9-11(5-7-18-9)15(2)10-4-6-13(14,8-10)12(16)17-3/h9-11H,4-8,14H2,1-3H3. The lowest BCUT2D eigenvalue weighted by Gasteiger charge is -2.33. The summed E-state index contributed by atoms with van der Waals surface area (Å²) in [5.74, 6) is -0.283. The summed E-state index contributed by atoms with van der Waals surface area (Å²) in [7, 11) is 3.52. The lowest BCUT2D eigenvalue weighted by molar-refractivity contribution is -0.147. The van der Waals surface area contributed by atoms with Crippen LogP contribution in [-0.4, -0.2) is 55.4 Å². The van der Waals surface area contributed by atoms with E-state index in [1.165, 1.54) is 7.11 Å². The number of hydrogen-bond acceptors (Lipinski definition) is 5. The zero-order valence-electron chi connectivity index (χ0n) is 11.5. The van der Waals surface area contributed by atoms with E-state index in [2.05, 4.69) is 18.9 Å². The van der Waals surface area contributed by atoms with Crippen LogP contribution in [-0.2, 0) is 14.3 Å². The van der Waals surface area contributed by atoms with E-state index in [9.17, 15) is 4.79 Å². The molecule has 104 valence electrons. The first-order valence-corrected chi connectivity index (χ1v) is 6.69. The van der Waals surface area contributed by atoms with Crippen LogP contribution in [0.5, 0.6) is 0 Å². The molecule has 0 bridgehead atoms. The maximum absolute atomic E-state index is 11.7. The van der Waals surface area contributed by atoms with Crippen molar-refractivity contribution in [1.29, 1.82) is 0 Å². The van der Waals surface area contributed by atoms with Crippen molar-refractivity contribution in [2.24, 2.45) is 5.73 Å². The van der Waals surface area contributed by atoms with Gasteiger partial charge >= 0.3 is 5.97 Å². The molecule has 0 spiro atoms. The SMILES string of the molecule is COC(=O)C1(N)CCC(N(C)C2CCOC2C)C1. The van der Waals surface area contributed by atoms with Crippen LogP contribution in [0, 0.1) is 0 Å². The molecule has 2 N–H and O–H groups in total. The molecule has 4 unspecified atom stereocenters. The second-order valence-corrected chi connectivity index (χ2v) is 5.64. The van der Waals surface area contributed by atoms with Crippen molar-refractivity contribution < 1.29 is 14.3 Å². The molecule has 1 aliphatic carbocycles. The number of carbonyl (C=O) groups excluding carboxylic acids is 1. The summed E-state index contributed by atoms with van der Waals surface area (Å²) in [4.78, 5) is 14.0. The van der Waals surface area contributed by atoms with Crippen LogP contribution in [0.4, 0.5) is 0 Å². The Kier molecular flexibility index (Phi) is 3.94. The number of rotatable bonds is 3. The highest BCUT2D eigenvalue weighted by Gasteiger charge is 2.46. The van der Waals surface area contributed by atoms with Gasteiger partial charge in [-0.25, -0.2) is 0 Å². The molecule has 2 rings (SSSR count). The van der Waals surface area contributed by atoms with E-state index in [-0.39, 0.29) is 12.1 Å². The number of nitrogens with two attached hydrogens (primary N) is 1. The van der Waals surface area contributed by atoms with E-state index < -0.39 is 5.54 Å². The van der Waals surface area contributed by atoms with Crippen molar-refractivity contribution in [2.45, 2.75) is 56.3 Å². The molecule has 4 atom stereocenters. The Labute approximate surface area is 109 Å². The average Bonchev–Trinajstić information content (AvgIpc) is 2.95. The molecule has 0 radical (unpaired) electrons. The Bertz CT molecular complexity index is 323. The number of likely N-dealkylation sites (N-methyl/N-ethyl adjacent to an activating group) is 1. The molecule has 5 nitrogen and oxygen atoms in total. The van der Waals surface area contributed by atoms with Gasteiger partial charge in [-0.15, -0.1) is 0 Å². The Balaban J connectivity index is 1.98. The van der Waals surface area contributed by atoms with Crippen LogP contribution in [0.3, 0.4) is 0 Å². The van der Waals surface area contributed by atoms with Crippen molar-refractivity contribution >= 4 is 5.97 Å². The highest BCUT2D eigenvalue weighted by Crippen LogP contribution is 2.34. The topological polar surface area (TPSA) is 64.8 Å². The lowest BCUT2D eigenvalue weighted by Crippen LogP contribution is -2.49. The molecule has 1 saturated heterocycles. The molecule has 0 amide bonds. The Morgan fingerprint density at radius 2 is 2.22 bits per heavy atom. The molecular formula is C13H24N2O3. The predicted octanol–water partition coefficient (Wildman–Crippen LogP) is 0.519. The van der Waals surface area contributed by atoms with Gasteiger partial charge in [-0.05, 0) is 39.7 Å². The molecular weight excluding hydrogens is 232 g/mol. The minimum Gasteiger partial charge on any atom is -0.468 e. The van der Waals surface area contributed by atoms with Gasteiger partial charge in [-0.2, -0.15) is 0 Å². The fraction of sp³-hybridized carbons (Fsp3) is 0.923. The third-order valence-electron chi connectivity index (χ3n) is 4.55. The van der Waals surface area contributed by atoms with Crippen molar-refractivity contribution in [3.05, 3.63) is 0 Å². The van der Waals surface area contributed by atoms with E-state index >= 15 is 0 Å². The summed E-state index contributed by atoms with van der Waals surface area (Å²) >= 11 is 0. The second-order valence-electron chi connectivity index (χ2n) is 5.64. The average molecular weight is 256 g/mol. The van der Waals surface area contributed by atoms with Gasteiger partial charge in [0.1, 0.15) is 5.54 Å². The van der Waals surface area contributed by atoms with Crippen molar-refractivity contribution in [3.63, 3.8) is 0 Å². The van der Waals surface area contributed by atoms with Gasteiger partial charge in [0.25, 0.3) is 0 Å². The second kappa shape index (κ2) is 5.15. The quantitative estimate of drug-likeness (QED) is 0.746. The van der Waals surface area contributed by atoms with Crippen LogP contribution in [0.1, 0.15) is 32.6 Å². The summed E-state index contributed by atoms with van der Waals surface area (Å²) in [5, 5.41) is 0. The molecule has 1 saturated carbocycles. The lowest BCUT2D eigenvalue weighted by atomic mass is 9.98. The summed E-state index contributed by atoms with van der Waals surface area (Å²) in [6.07, 6.45) is 3.66. The molecule has 0 aromatic heterocycles. The maximum Gasteiger partial charge on any atom is 0.325 e. The molecule has 0 aromatic carbocycles. The normalized spacial score (nSPS) is 40.4. The van der Waals surface area contributed by atoms with Gasteiger partial charge in [0, 0.05) is 18.7 Å². The predicted molar refractivity (Wildman–Crippen MR) is 68.2 cm³/mol. The Morgan fingerprint density at radius 3 is 2.78 bits per heavy atom. The van der Waals surface area contributed by atoms with Gasteiger partial charge in [-0.1, -0.05) is 0 Å². The molecule has 2 fully saturated rings. The van der Waals surface area contributed by atoms with Gasteiger partial charge in [0.2, 0.25) is 0 Å². The van der Waals surface area contributed by atoms with Crippen LogP contribution < -0.4 is 5.73 Å². The highest BCUT2D eigenvalue weighted by molar-refractivity contribution is 5.81. The summed E-state index contributed by atoms with van der Waals surface area (Å²) in [5.41, 5.74) is 5.35. The number of nitrogens with zero attached hydrogens (tertiary/aromatic N) is 1. The first-order chi connectivity index (χ1) is 8.48. The summed E-state index contributed by atoms with van der Waals surface area (Å²) < 4.78 is 10.4. The third kappa shape index (κ3) is 2.39. The number of carbonyl (C=O) groups is 1. The van der Waals surface area contributed by atoms with Crippen LogP contribution in [0.15, 0.2) is 0 Å². The van der Waals surface area contributed by atoms with Crippen molar-refractivity contribution in [3.8, 4) is 0 Å². The first-order valence-electron chi connectivity index (χ1n) is 6.69. The largest absolute Gasteiger partial charge is 0.468 e. The number of methoxy groups -OCH3 is 1. The van der Waals surface area contributed by atoms with Crippen LogP contribution >= 0.6 is 0 Å². The van der Waals surface area contributed by atoms with Gasteiger partial charge < -0.3 is 15.2 Å². The third-order valence-corrected chi connectivity index (χ3v) is 4.55. The minimum absolute atomic E-state index is 0.265. The van der Waals surface area contributed by atoms with E-state index in [4.69, 9.17) is 15.2 Å². The van der Waals surface area contributed by atoms with Crippen LogP contribution in [0.25, 0.3) is 0 Å². The maximum atomic E-state index is 11.7. The Morgan fingerprint density at radius 1 is 1.50 bits per heavy atom. The van der Waals surface area contributed by atoms with Crippen molar-refractivity contribution in [2.75, 3.05) is 20.8 Å². The number of hydrogen-bond donors (Lipinski definition) is 1. The van der Waals surface area contributed by atoms with Crippen molar-refractivity contribution in [1.82, 2.24) is 4.90 Å². The molecule has 18 heavy (non-hydrogen) atoms. The zero-order valence-corrected chi connectivity index (χ0v) is 11.5. The van der Waals surface area contributed by atoms with Gasteiger partial charge in [0.15, 0.2) is 0 Å². The van der Waals surface area contributed by atoms with E-state index in [0.29, 0.717) is 24.9 Å². The monoisotopic (exact) mass is 256 g/mol. The Hall–Kier alpha value is -0.650. The fourth-order valence-corrected chi connectivity index (χ4v) is 3.31. The molecule has 0 aromatic rings. The smallest absolute Gasteiger partial charge is 0.325 e. The molecule has 1 aliphatic heterocycles. The number of esters is 1. The first kappa shape index (κ1) is 13.8. The molecule has 5 heteroatoms. The van der Waals surface area contributed by atoms with E-state index in [0.717, 1.165) is 19.4 Å². The van der Waals surface area contributed by atoms with Crippen LogP contribution in [0.2, 0.25) is 0 Å². The number of ether oxygens (including phenoxy) is 2. The highest BCUT2D eigenvalue weighted by atomic mass is 16.5. The fourth-order valence-electron chi connectivity index (χ4n) is 3.31. The zero-order chi connectivity index (χ0) is 13.3. The molecule has 2 aliphatic rings. The van der Waals surface area contributed by atoms with E-state index in [1.54, 1.807) is 0 Å². The van der Waals surface area contributed by atoms with Gasteiger partial charge in [-0.3, -0.25) is 9.69 Å².